The van der Waals surface area contributed by atoms with Crippen molar-refractivity contribution in [3.05, 3.63) is 71.9 Å². The Balaban J connectivity index is 0.00000176. The molecule has 1 aromatic heterocycles. The highest BCUT2D eigenvalue weighted by molar-refractivity contribution is 14.0. The summed E-state index contributed by atoms with van der Waals surface area (Å²) in [6, 6.07) is 20.7. The molecule has 112 valence electrons. The van der Waals surface area contributed by atoms with Crippen molar-refractivity contribution < 1.29 is 9.30 Å². The fourth-order valence-corrected chi connectivity index (χ4v) is 2.42. The summed E-state index contributed by atoms with van der Waals surface area (Å²) < 4.78 is 7.37. The number of aromatic nitrogens is 1. The number of nitrogens with zero attached hydrogens (tertiary/aromatic N) is 1. The van der Waals surface area contributed by atoms with Gasteiger partial charge in [-0.2, -0.15) is 4.57 Å². The number of hydrogen-bond donors (Lipinski definition) is 0. The Morgan fingerprint density at radius 2 is 1.59 bits per heavy atom. The second kappa shape index (κ2) is 7.40. The molecule has 0 saturated heterocycles. The largest absolute Gasteiger partial charge is 0.497 e. The second-order valence-electron chi connectivity index (χ2n) is 4.98. The summed E-state index contributed by atoms with van der Waals surface area (Å²) in [5, 5.41) is 1.25. The van der Waals surface area contributed by atoms with Gasteiger partial charge in [-0.3, -0.25) is 0 Å². The molecule has 0 aliphatic carbocycles. The number of aryl methyl sites for hydroxylation is 1. The molecule has 0 radical (unpaired) electrons. The molecule has 0 spiro atoms. The molecule has 0 bridgehead atoms. The number of fused-ring (bicyclic) bond motifs is 1. The standard InChI is InChI=1S/C19H18NO.HI/c1-20-17(12-10-16-5-3-4-6-19(16)20)11-7-15-8-13-18(21-2)14-9-15;/h3-14H,1-2H3;1H/q+1;. The zero-order chi connectivity index (χ0) is 14.7. The van der Waals surface area contributed by atoms with Crippen molar-refractivity contribution >= 4 is 47.0 Å². The third-order valence-electron chi connectivity index (χ3n) is 3.68. The first-order valence-electron chi connectivity index (χ1n) is 6.98. The van der Waals surface area contributed by atoms with Crippen LogP contribution < -0.4 is 9.30 Å². The van der Waals surface area contributed by atoms with Crippen LogP contribution in [0.2, 0.25) is 0 Å². The predicted octanol–water partition coefficient (Wildman–Crippen LogP) is 4.46. The molecule has 2 nitrogen and oxygen atoms in total. The molecule has 0 aliphatic heterocycles. The van der Waals surface area contributed by atoms with E-state index in [9.17, 15) is 0 Å². The summed E-state index contributed by atoms with van der Waals surface area (Å²) in [7, 11) is 3.77. The van der Waals surface area contributed by atoms with Crippen LogP contribution in [0.4, 0.5) is 0 Å². The maximum atomic E-state index is 5.17. The summed E-state index contributed by atoms with van der Waals surface area (Å²) in [4.78, 5) is 0. The Morgan fingerprint density at radius 1 is 0.864 bits per heavy atom. The van der Waals surface area contributed by atoms with Crippen LogP contribution in [0, 0.1) is 0 Å². The van der Waals surface area contributed by atoms with Crippen LogP contribution in [0.5, 0.6) is 5.75 Å². The van der Waals surface area contributed by atoms with E-state index in [1.54, 1.807) is 7.11 Å². The van der Waals surface area contributed by atoms with Crippen LogP contribution in [0.1, 0.15) is 11.3 Å². The van der Waals surface area contributed by atoms with E-state index in [0.29, 0.717) is 0 Å². The molecule has 2 aromatic carbocycles. The van der Waals surface area contributed by atoms with E-state index < -0.39 is 0 Å². The van der Waals surface area contributed by atoms with Crippen molar-refractivity contribution in [2.45, 2.75) is 0 Å². The first kappa shape index (κ1) is 16.5. The van der Waals surface area contributed by atoms with Crippen molar-refractivity contribution in [3.8, 4) is 5.75 Å². The van der Waals surface area contributed by atoms with Gasteiger partial charge in [-0.15, -0.1) is 24.0 Å². The van der Waals surface area contributed by atoms with E-state index in [4.69, 9.17) is 4.74 Å². The van der Waals surface area contributed by atoms with Gasteiger partial charge >= 0.3 is 0 Å². The van der Waals surface area contributed by atoms with Gasteiger partial charge < -0.3 is 4.74 Å². The van der Waals surface area contributed by atoms with Gasteiger partial charge in [0.25, 0.3) is 0 Å². The molecule has 3 aromatic rings. The van der Waals surface area contributed by atoms with Gasteiger partial charge in [0.15, 0.2) is 0 Å². The number of ether oxygens (including phenoxy) is 1. The predicted molar refractivity (Wildman–Crippen MR) is 102 cm³/mol. The molecule has 0 N–H and O–H groups in total. The summed E-state index contributed by atoms with van der Waals surface area (Å²) in [6.07, 6.45) is 4.25. The topological polar surface area (TPSA) is 13.1 Å². The molecule has 0 aliphatic rings. The lowest BCUT2D eigenvalue weighted by Crippen LogP contribution is -2.32. The van der Waals surface area contributed by atoms with E-state index in [0.717, 1.165) is 11.3 Å². The first-order valence-corrected chi connectivity index (χ1v) is 6.98. The molecule has 0 fully saturated rings. The summed E-state index contributed by atoms with van der Waals surface area (Å²) >= 11 is 0. The van der Waals surface area contributed by atoms with Crippen molar-refractivity contribution in [1.29, 1.82) is 0 Å². The highest BCUT2D eigenvalue weighted by atomic mass is 127. The van der Waals surface area contributed by atoms with Crippen molar-refractivity contribution in [1.82, 2.24) is 0 Å². The molecule has 0 amide bonds. The molecule has 0 saturated carbocycles. The summed E-state index contributed by atoms with van der Waals surface area (Å²) in [5.74, 6) is 0.878. The third-order valence-corrected chi connectivity index (χ3v) is 3.68. The third kappa shape index (κ3) is 3.47. The Kier molecular flexibility index (Phi) is 5.55. The fraction of sp³-hybridized carbons (Fsp3) is 0.105. The van der Waals surface area contributed by atoms with Crippen molar-refractivity contribution in [2.75, 3.05) is 7.11 Å². The highest BCUT2D eigenvalue weighted by Crippen LogP contribution is 2.14. The van der Waals surface area contributed by atoms with Crippen LogP contribution in [0.3, 0.4) is 0 Å². The van der Waals surface area contributed by atoms with Gasteiger partial charge in [-0.1, -0.05) is 24.3 Å². The van der Waals surface area contributed by atoms with Gasteiger partial charge in [-0.25, -0.2) is 0 Å². The van der Waals surface area contributed by atoms with E-state index in [1.807, 2.05) is 12.1 Å². The quantitative estimate of drug-likeness (QED) is 0.464. The minimum atomic E-state index is 0. The molecule has 3 rings (SSSR count). The molecule has 0 unspecified atom stereocenters. The van der Waals surface area contributed by atoms with Crippen LogP contribution in [0.25, 0.3) is 23.1 Å². The maximum absolute atomic E-state index is 5.17. The van der Waals surface area contributed by atoms with E-state index in [-0.39, 0.29) is 24.0 Å². The lowest BCUT2D eigenvalue weighted by Gasteiger charge is -2.00. The fourth-order valence-electron chi connectivity index (χ4n) is 2.42. The van der Waals surface area contributed by atoms with E-state index in [1.165, 1.54) is 16.6 Å². The average Bonchev–Trinajstić information content (AvgIpc) is 2.55. The zero-order valence-corrected chi connectivity index (χ0v) is 15.0. The van der Waals surface area contributed by atoms with Crippen LogP contribution in [0.15, 0.2) is 60.7 Å². The van der Waals surface area contributed by atoms with Crippen molar-refractivity contribution in [3.63, 3.8) is 0 Å². The smallest absolute Gasteiger partial charge is 0.212 e. The van der Waals surface area contributed by atoms with Crippen LogP contribution >= 0.6 is 24.0 Å². The molecule has 3 heteroatoms. The number of methoxy groups -OCH3 is 1. The SMILES string of the molecule is COc1ccc(C=Cc2ccc3ccccc3[n+]2C)cc1.I. The van der Waals surface area contributed by atoms with Gasteiger partial charge in [0.2, 0.25) is 11.2 Å². The van der Waals surface area contributed by atoms with Crippen LogP contribution in [-0.2, 0) is 7.05 Å². The first-order chi connectivity index (χ1) is 10.3. The Morgan fingerprint density at radius 3 is 2.32 bits per heavy atom. The van der Waals surface area contributed by atoms with Crippen LogP contribution in [-0.4, -0.2) is 7.11 Å². The molecular formula is C19H19INO+. The molecule has 1 heterocycles. The molecule has 0 atom stereocenters. The summed E-state index contributed by atoms with van der Waals surface area (Å²) in [5.41, 5.74) is 3.56. The van der Waals surface area contributed by atoms with Gasteiger partial charge in [-0.05, 0) is 35.9 Å². The monoisotopic (exact) mass is 404 g/mol. The normalized spacial score (nSPS) is 10.6. The molecular weight excluding hydrogens is 385 g/mol. The van der Waals surface area contributed by atoms with E-state index in [2.05, 4.69) is 72.3 Å². The van der Waals surface area contributed by atoms with Gasteiger partial charge in [0, 0.05) is 23.6 Å². The van der Waals surface area contributed by atoms with Gasteiger partial charge in [0.05, 0.1) is 7.11 Å². The number of rotatable bonds is 3. The Hall–Kier alpha value is -1.88. The average molecular weight is 404 g/mol. The number of para-hydroxylation sites is 1. The second-order valence-corrected chi connectivity index (χ2v) is 4.98. The lowest BCUT2D eigenvalue weighted by molar-refractivity contribution is -0.646. The Labute approximate surface area is 148 Å². The van der Waals surface area contributed by atoms with Gasteiger partial charge in [0.1, 0.15) is 12.8 Å². The Bertz CT molecular complexity index is 794. The number of benzene rings is 2. The number of pyridine rings is 1. The van der Waals surface area contributed by atoms with Crippen molar-refractivity contribution in [2.24, 2.45) is 7.05 Å². The minimum Gasteiger partial charge on any atom is -0.497 e. The lowest BCUT2D eigenvalue weighted by atomic mass is 10.1. The number of hydrogen-bond acceptors (Lipinski definition) is 1. The minimum absolute atomic E-state index is 0. The maximum Gasteiger partial charge on any atom is 0.212 e. The summed E-state index contributed by atoms with van der Waals surface area (Å²) in [6.45, 7) is 0. The highest BCUT2D eigenvalue weighted by Gasteiger charge is 2.07. The van der Waals surface area contributed by atoms with E-state index >= 15 is 0 Å². The zero-order valence-electron chi connectivity index (χ0n) is 12.7. The number of halogens is 1. The molecule has 22 heavy (non-hydrogen) atoms.